The lowest BCUT2D eigenvalue weighted by Gasteiger charge is -2.42. The van der Waals surface area contributed by atoms with Gasteiger partial charge in [-0.3, -0.25) is 9.78 Å². The highest BCUT2D eigenvalue weighted by atomic mass is 16.5. The van der Waals surface area contributed by atoms with E-state index in [2.05, 4.69) is 4.98 Å². The summed E-state index contributed by atoms with van der Waals surface area (Å²) in [5.74, 6) is 0.155. The normalized spacial score (nSPS) is 31.1. The van der Waals surface area contributed by atoms with Gasteiger partial charge in [0.1, 0.15) is 0 Å². The second-order valence-electron chi connectivity index (χ2n) is 6.41. The first-order chi connectivity index (χ1) is 10.6. The first-order valence-corrected chi connectivity index (χ1v) is 8.06. The Morgan fingerprint density at radius 2 is 2.41 bits per heavy atom. The predicted molar refractivity (Wildman–Crippen MR) is 82.3 cm³/mol. The van der Waals surface area contributed by atoms with Crippen molar-refractivity contribution < 1.29 is 14.6 Å². The van der Waals surface area contributed by atoms with E-state index in [-0.39, 0.29) is 23.7 Å². The third-order valence-corrected chi connectivity index (χ3v) is 5.23. The smallest absolute Gasteiger partial charge is 0.223 e. The van der Waals surface area contributed by atoms with E-state index in [0.717, 1.165) is 31.4 Å². The number of hydrogen-bond donors (Lipinski definition) is 1. The van der Waals surface area contributed by atoms with E-state index in [9.17, 15) is 9.90 Å². The molecule has 0 bridgehead atoms. The highest BCUT2D eigenvalue weighted by Gasteiger charge is 2.52. The second kappa shape index (κ2) is 6.34. The van der Waals surface area contributed by atoms with Crippen molar-refractivity contribution in [2.75, 3.05) is 13.7 Å². The van der Waals surface area contributed by atoms with Crippen LogP contribution in [0, 0.1) is 0 Å². The van der Waals surface area contributed by atoms with E-state index in [1.54, 1.807) is 19.5 Å². The van der Waals surface area contributed by atoms with Crippen molar-refractivity contribution in [1.29, 1.82) is 0 Å². The first kappa shape index (κ1) is 15.4. The maximum atomic E-state index is 12.6. The minimum absolute atomic E-state index is 0.0163. The summed E-state index contributed by atoms with van der Waals surface area (Å²) in [5, 5.41) is 9.97. The lowest BCUT2D eigenvalue weighted by Crippen LogP contribution is -2.52. The summed E-state index contributed by atoms with van der Waals surface area (Å²) in [4.78, 5) is 18.6. The molecule has 1 N–H and O–H groups in total. The Bertz CT molecular complexity index is 522. The number of carbonyl (C=O) groups is 1. The van der Waals surface area contributed by atoms with E-state index in [1.165, 1.54) is 0 Å². The topological polar surface area (TPSA) is 62.7 Å². The van der Waals surface area contributed by atoms with E-state index in [0.29, 0.717) is 19.3 Å². The van der Waals surface area contributed by atoms with Crippen molar-refractivity contribution in [2.45, 2.75) is 56.3 Å². The third-order valence-electron chi connectivity index (χ3n) is 5.23. The number of nitrogens with zero attached hydrogens (tertiary/aromatic N) is 2. The lowest BCUT2D eigenvalue weighted by atomic mass is 9.79. The minimum Gasteiger partial charge on any atom is -0.393 e. The molecule has 0 spiro atoms. The van der Waals surface area contributed by atoms with Crippen LogP contribution in [0.5, 0.6) is 0 Å². The summed E-state index contributed by atoms with van der Waals surface area (Å²) in [5.41, 5.74) is 0.833. The standard InChI is InChI=1S/C17H24N2O3/c1-22-17-7-6-14(20)11-15(17)19(10-8-17)16(21)5-4-13-3-2-9-18-12-13/h2-3,9,12,14-15,20H,4-8,10-11H2,1H3/t14-,15-,17+/m0/s1. The molecular weight excluding hydrogens is 280 g/mol. The molecule has 1 aliphatic heterocycles. The van der Waals surface area contributed by atoms with Gasteiger partial charge in [-0.2, -0.15) is 0 Å². The van der Waals surface area contributed by atoms with Crippen molar-refractivity contribution in [2.24, 2.45) is 0 Å². The number of aliphatic hydroxyl groups excluding tert-OH is 1. The van der Waals surface area contributed by atoms with Gasteiger partial charge in [0.25, 0.3) is 0 Å². The van der Waals surface area contributed by atoms with E-state index in [1.807, 2.05) is 17.0 Å². The molecule has 1 saturated carbocycles. The van der Waals surface area contributed by atoms with Gasteiger partial charge in [-0.15, -0.1) is 0 Å². The summed E-state index contributed by atoms with van der Waals surface area (Å²) in [6, 6.07) is 3.90. The third kappa shape index (κ3) is 2.88. The fourth-order valence-electron chi connectivity index (χ4n) is 3.92. The number of carbonyl (C=O) groups excluding carboxylic acids is 1. The molecule has 2 heterocycles. The summed E-state index contributed by atoms with van der Waals surface area (Å²) in [6.45, 7) is 0.733. The molecule has 5 nitrogen and oxygen atoms in total. The van der Waals surface area contributed by atoms with Gasteiger partial charge in [0.15, 0.2) is 0 Å². The maximum Gasteiger partial charge on any atom is 0.223 e. The highest BCUT2D eigenvalue weighted by Crippen LogP contribution is 2.42. The summed E-state index contributed by atoms with van der Waals surface area (Å²) >= 11 is 0. The van der Waals surface area contributed by atoms with Crippen LogP contribution in [-0.2, 0) is 16.0 Å². The Morgan fingerprint density at radius 3 is 3.14 bits per heavy atom. The van der Waals surface area contributed by atoms with Gasteiger partial charge in [-0.1, -0.05) is 6.07 Å². The predicted octanol–water partition coefficient (Wildman–Crippen LogP) is 1.55. The van der Waals surface area contributed by atoms with Gasteiger partial charge < -0.3 is 14.7 Å². The number of hydrogen-bond acceptors (Lipinski definition) is 4. The van der Waals surface area contributed by atoms with Gasteiger partial charge in [-0.05, 0) is 43.7 Å². The van der Waals surface area contributed by atoms with Gasteiger partial charge >= 0.3 is 0 Å². The van der Waals surface area contributed by atoms with Crippen LogP contribution < -0.4 is 0 Å². The molecule has 2 aliphatic rings. The van der Waals surface area contributed by atoms with Crippen LogP contribution in [-0.4, -0.2) is 52.3 Å². The van der Waals surface area contributed by atoms with Crippen LogP contribution in [0.3, 0.4) is 0 Å². The lowest BCUT2D eigenvalue weighted by molar-refractivity contribution is -0.139. The molecule has 1 amide bonds. The number of amides is 1. The average Bonchev–Trinajstić information content (AvgIpc) is 2.93. The number of aromatic nitrogens is 1. The number of aryl methyl sites for hydroxylation is 1. The minimum atomic E-state index is -0.319. The Balaban J connectivity index is 1.65. The Morgan fingerprint density at radius 1 is 1.55 bits per heavy atom. The van der Waals surface area contributed by atoms with E-state index in [4.69, 9.17) is 4.74 Å². The summed E-state index contributed by atoms with van der Waals surface area (Å²) in [7, 11) is 1.73. The number of likely N-dealkylation sites (tertiary alicyclic amines) is 1. The number of aliphatic hydroxyl groups is 1. The van der Waals surface area contributed by atoms with Crippen LogP contribution in [0.25, 0.3) is 0 Å². The molecule has 3 rings (SSSR count). The molecule has 3 atom stereocenters. The quantitative estimate of drug-likeness (QED) is 0.916. The number of fused-ring (bicyclic) bond motifs is 1. The maximum absolute atomic E-state index is 12.6. The zero-order chi connectivity index (χ0) is 15.6. The molecule has 1 aliphatic carbocycles. The van der Waals surface area contributed by atoms with Gasteiger partial charge in [0.05, 0.1) is 17.7 Å². The Hall–Kier alpha value is -1.46. The Labute approximate surface area is 131 Å². The van der Waals surface area contributed by atoms with Crippen molar-refractivity contribution in [3.05, 3.63) is 30.1 Å². The van der Waals surface area contributed by atoms with E-state index >= 15 is 0 Å². The van der Waals surface area contributed by atoms with Gasteiger partial charge in [0.2, 0.25) is 5.91 Å². The second-order valence-corrected chi connectivity index (χ2v) is 6.41. The van der Waals surface area contributed by atoms with Crippen LogP contribution in [0.15, 0.2) is 24.5 Å². The van der Waals surface area contributed by atoms with Crippen molar-refractivity contribution in [3.8, 4) is 0 Å². The molecule has 120 valence electrons. The monoisotopic (exact) mass is 304 g/mol. The van der Waals surface area contributed by atoms with Crippen molar-refractivity contribution in [1.82, 2.24) is 9.88 Å². The molecule has 22 heavy (non-hydrogen) atoms. The van der Waals surface area contributed by atoms with Crippen molar-refractivity contribution >= 4 is 5.91 Å². The van der Waals surface area contributed by atoms with Crippen molar-refractivity contribution in [3.63, 3.8) is 0 Å². The van der Waals surface area contributed by atoms with Crippen LogP contribution >= 0.6 is 0 Å². The molecular formula is C17H24N2O3. The average molecular weight is 304 g/mol. The largest absolute Gasteiger partial charge is 0.393 e. The van der Waals surface area contributed by atoms with E-state index < -0.39 is 0 Å². The molecule has 1 aromatic heterocycles. The molecule has 1 aromatic rings. The highest BCUT2D eigenvalue weighted by molar-refractivity contribution is 5.77. The SMILES string of the molecule is CO[C@@]12CC[C@H](O)C[C@@H]1N(C(=O)CCc1cccnc1)CC2. The zero-order valence-corrected chi connectivity index (χ0v) is 13.1. The molecule has 2 fully saturated rings. The molecule has 5 heteroatoms. The number of rotatable bonds is 4. The molecule has 1 saturated heterocycles. The zero-order valence-electron chi connectivity index (χ0n) is 13.1. The fraction of sp³-hybridized carbons (Fsp3) is 0.647. The van der Waals surface area contributed by atoms with Crippen LogP contribution in [0.2, 0.25) is 0 Å². The number of methoxy groups -OCH3 is 1. The number of pyridine rings is 1. The summed E-state index contributed by atoms with van der Waals surface area (Å²) in [6.07, 6.45) is 7.52. The van der Waals surface area contributed by atoms with Crippen LogP contribution in [0.4, 0.5) is 0 Å². The number of ether oxygens (including phenoxy) is 1. The van der Waals surface area contributed by atoms with Gasteiger partial charge in [0, 0.05) is 32.5 Å². The molecule has 0 unspecified atom stereocenters. The first-order valence-electron chi connectivity index (χ1n) is 8.06. The summed E-state index contributed by atoms with van der Waals surface area (Å²) < 4.78 is 5.78. The fourth-order valence-corrected chi connectivity index (χ4v) is 3.92. The van der Waals surface area contributed by atoms with Crippen LogP contribution in [0.1, 0.15) is 37.7 Å². The molecule has 0 radical (unpaired) electrons. The molecule has 0 aromatic carbocycles. The van der Waals surface area contributed by atoms with Gasteiger partial charge in [-0.25, -0.2) is 0 Å². The Kier molecular flexibility index (Phi) is 4.45.